The lowest BCUT2D eigenvalue weighted by Gasteiger charge is -2.24. The topological polar surface area (TPSA) is 170 Å². The lowest BCUT2D eigenvalue weighted by Crippen LogP contribution is -2.48. The Morgan fingerprint density at radius 2 is 1.00 bits per heavy atom. The van der Waals surface area contributed by atoms with Crippen LogP contribution in [0, 0.1) is 0 Å². The van der Waals surface area contributed by atoms with E-state index in [4.69, 9.17) is 18.9 Å². The number of hydrogen-bond acceptors (Lipinski definition) is 9. The molecule has 0 saturated heterocycles. The van der Waals surface area contributed by atoms with E-state index in [1.165, 1.54) is 7.11 Å². The van der Waals surface area contributed by atoms with Crippen LogP contribution in [0.5, 0.6) is 0 Å². The molecule has 2 unspecified atom stereocenters. The molecule has 0 rings (SSSR count). The summed E-state index contributed by atoms with van der Waals surface area (Å²) in [5, 5.41) is 10.5. The maximum Gasteiger partial charge on any atom is 0.408 e. The van der Waals surface area contributed by atoms with Crippen molar-refractivity contribution in [1.82, 2.24) is 21.3 Å². The summed E-state index contributed by atoms with van der Waals surface area (Å²) >= 11 is 0. The maximum atomic E-state index is 12.8. The average Bonchev–Trinajstić information content (AvgIpc) is 2.75. The summed E-state index contributed by atoms with van der Waals surface area (Å²) in [6.45, 7) is 16.1. The summed E-state index contributed by atoms with van der Waals surface area (Å²) in [5.41, 5.74) is -2.09. The van der Waals surface area contributed by atoms with Crippen molar-refractivity contribution in [2.45, 2.75) is 123 Å². The van der Waals surface area contributed by atoms with Crippen molar-refractivity contribution in [1.29, 1.82) is 0 Å². The van der Waals surface area contributed by atoms with Gasteiger partial charge in [0.1, 0.15) is 28.9 Å². The van der Waals surface area contributed by atoms with Crippen LogP contribution >= 0.6 is 0 Å². The molecule has 0 aliphatic carbocycles. The molecule has 0 saturated carbocycles. The Labute approximate surface area is 238 Å². The van der Waals surface area contributed by atoms with Crippen molar-refractivity contribution in [3.63, 3.8) is 0 Å². The third-order valence-corrected chi connectivity index (χ3v) is 4.74. The van der Waals surface area contributed by atoms with Crippen LogP contribution in [0.4, 0.5) is 14.4 Å². The Morgan fingerprint density at radius 1 is 0.575 bits per heavy atom. The summed E-state index contributed by atoms with van der Waals surface area (Å²) in [6.07, 6.45) is -0.142. The molecule has 232 valence electrons. The van der Waals surface area contributed by atoms with Gasteiger partial charge in [-0.2, -0.15) is 0 Å². The molecule has 0 spiro atoms. The molecule has 0 aromatic heterocycles. The van der Waals surface area contributed by atoms with Gasteiger partial charge in [0.25, 0.3) is 0 Å². The molecule has 13 nitrogen and oxygen atoms in total. The lowest BCUT2D eigenvalue weighted by molar-refractivity contribution is -0.143. The fourth-order valence-corrected chi connectivity index (χ4v) is 3.18. The van der Waals surface area contributed by atoms with Crippen LogP contribution in [0.3, 0.4) is 0 Å². The van der Waals surface area contributed by atoms with Crippen molar-refractivity contribution < 1.29 is 42.9 Å². The molecule has 0 radical (unpaired) electrons. The molecular formula is C27H50N4O9. The highest BCUT2D eigenvalue weighted by Crippen LogP contribution is 2.10. The summed E-state index contributed by atoms with van der Waals surface area (Å²) in [5.74, 6) is -1.02. The van der Waals surface area contributed by atoms with E-state index >= 15 is 0 Å². The first-order chi connectivity index (χ1) is 18.2. The quantitative estimate of drug-likeness (QED) is 0.146. The largest absolute Gasteiger partial charge is 0.467 e. The SMILES string of the molecule is COC(=O)C(CCCCNC(=O)C(CCCNC(=O)OC(C)(C)C)NC(=O)OC(C)(C)C)NC(=O)OC(C)(C)C. The Morgan fingerprint density at radius 3 is 1.48 bits per heavy atom. The van der Waals surface area contributed by atoms with E-state index in [0.29, 0.717) is 19.3 Å². The van der Waals surface area contributed by atoms with Crippen LogP contribution in [0.25, 0.3) is 0 Å². The van der Waals surface area contributed by atoms with Gasteiger partial charge in [0.05, 0.1) is 7.11 Å². The Balaban J connectivity index is 4.87. The van der Waals surface area contributed by atoms with Crippen molar-refractivity contribution in [2.75, 3.05) is 20.2 Å². The predicted molar refractivity (Wildman–Crippen MR) is 149 cm³/mol. The highest BCUT2D eigenvalue weighted by molar-refractivity contribution is 5.85. The normalized spacial score (nSPS) is 13.2. The van der Waals surface area contributed by atoms with E-state index in [2.05, 4.69) is 21.3 Å². The standard InChI is InChI=1S/C27H50N4O9/c1-25(2,3)38-22(34)29-17-13-15-18(30-23(35)39-26(4,5)6)20(32)28-16-12-11-14-19(21(33)37-10)31-24(36)40-27(7,8)9/h18-19H,11-17H2,1-10H3,(H,28,32)(H,29,34)(H,30,35)(H,31,36). The molecule has 2 atom stereocenters. The molecule has 0 aromatic rings. The Bertz CT molecular complexity index is 842. The minimum Gasteiger partial charge on any atom is -0.467 e. The second kappa shape index (κ2) is 16.8. The van der Waals surface area contributed by atoms with Gasteiger partial charge in [-0.1, -0.05) is 0 Å². The van der Waals surface area contributed by atoms with Crippen molar-refractivity contribution in [2.24, 2.45) is 0 Å². The van der Waals surface area contributed by atoms with Gasteiger partial charge in [0.15, 0.2) is 0 Å². The molecule has 0 aliphatic rings. The molecule has 0 bridgehead atoms. The number of carbonyl (C=O) groups is 5. The van der Waals surface area contributed by atoms with E-state index in [9.17, 15) is 24.0 Å². The fourth-order valence-electron chi connectivity index (χ4n) is 3.18. The zero-order valence-corrected chi connectivity index (χ0v) is 25.8. The Hall–Kier alpha value is -3.25. The predicted octanol–water partition coefficient (Wildman–Crippen LogP) is 3.54. The van der Waals surface area contributed by atoms with E-state index < -0.39 is 59.0 Å². The van der Waals surface area contributed by atoms with Crippen molar-refractivity contribution >= 4 is 30.2 Å². The van der Waals surface area contributed by atoms with Crippen molar-refractivity contribution in [3.8, 4) is 0 Å². The molecule has 0 fully saturated rings. The van der Waals surface area contributed by atoms with Gasteiger partial charge in [-0.05, 0) is 94.4 Å². The van der Waals surface area contributed by atoms with Crippen LogP contribution in [-0.4, -0.2) is 79.2 Å². The molecule has 4 amide bonds. The maximum absolute atomic E-state index is 12.8. The van der Waals surface area contributed by atoms with Crippen LogP contribution in [0.1, 0.15) is 94.4 Å². The van der Waals surface area contributed by atoms with Crippen LogP contribution in [-0.2, 0) is 28.5 Å². The van der Waals surface area contributed by atoms with Gasteiger partial charge >= 0.3 is 24.2 Å². The number of hydrogen-bond donors (Lipinski definition) is 4. The van der Waals surface area contributed by atoms with E-state index in [1.807, 2.05) is 0 Å². The monoisotopic (exact) mass is 574 g/mol. The Kier molecular flexibility index (Phi) is 15.4. The average molecular weight is 575 g/mol. The van der Waals surface area contributed by atoms with E-state index in [1.54, 1.807) is 62.3 Å². The summed E-state index contributed by atoms with van der Waals surface area (Å²) in [7, 11) is 1.23. The number of alkyl carbamates (subject to hydrolysis) is 3. The highest BCUT2D eigenvalue weighted by Gasteiger charge is 2.26. The number of esters is 1. The number of unbranched alkanes of at least 4 members (excludes halogenated alkanes) is 1. The number of nitrogens with one attached hydrogen (secondary N) is 4. The van der Waals surface area contributed by atoms with Crippen molar-refractivity contribution in [3.05, 3.63) is 0 Å². The van der Waals surface area contributed by atoms with Crippen LogP contribution in [0.2, 0.25) is 0 Å². The molecule has 4 N–H and O–H groups in total. The van der Waals surface area contributed by atoms with Crippen LogP contribution < -0.4 is 21.3 Å². The number of rotatable bonds is 13. The number of ether oxygens (including phenoxy) is 4. The second-order valence-electron chi connectivity index (χ2n) is 12.3. The van der Waals surface area contributed by atoms with Gasteiger partial charge in [0.2, 0.25) is 5.91 Å². The third kappa shape index (κ3) is 19.8. The fraction of sp³-hybridized carbons (Fsp3) is 0.815. The lowest BCUT2D eigenvalue weighted by atomic mass is 10.1. The minimum absolute atomic E-state index is 0.241. The molecule has 0 heterocycles. The first kappa shape index (κ1) is 36.8. The number of amides is 4. The molecule has 0 aliphatic heterocycles. The highest BCUT2D eigenvalue weighted by atomic mass is 16.6. The van der Waals surface area contributed by atoms with E-state index in [0.717, 1.165) is 0 Å². The van der Waals surface area contributed by atoms with Gasteiger partial charge in [-0.3, -0.25) is 4.79 Å². The van der Waals surface area contributed by atoms with Gasteiger partial charge in [-0.25, -0.2) is 19.2 Å². The first-order valence-electron chi connectivity index (χ1n) is 13.5. The number of methoxy groups -OCH3 is 1. The van der Waals surface area contributed by atoms with Gasteiger partial charge < -0.3 is 40.2 Å². The molecule has 40 heavy (non-hydrogen) atoms. The number of carbonyl (C=O) groups excluding carboxylic acids is 5. The first-order valence-corrected chi connectivity index (χ1v) is 13.5. The molecular weight excluding hydrogens is 524 g/mol. The smallest absolute Gasteiger partial charge is 0.408 e. The summed E-state index contributed by atoms with van der Waals surface area (Å²) in [6, 6.07) is -1.79. The second-order valence-corrected chi connectivity index (χ2v) is 12.3. The van der Waals surface area contributed by atoms with Crippen LogP contribution in [0.15, 0.2) is 0 Å². The van der Waals surface area contributed by atoms with E-state index in [-0.39, 0.29) is 25.9 Å². The zero-order chi connectivity index (χ0) is 31.1. The summed E-state index contributed by atoms with van der Waals surface area (Å²) in [4.78, 5) is 61.1. The zero-order valence-electron chi connectivity index (χ0n) is 25.8. The molecule has 13 heteroatoms. The third-order valence-electron chi connectivity index (χ3n) is 4.74. The minimum atomic E-state index is -0.896. The van der Waals surface area contributed by atoms with Gasteiger partial charge in [-0.15, -0.1) is 0 Å². The van der Waals surface area contributed by atoms with Gasteiger partial charge in [0, 0.05) is 13.1 Å². The molecule has 0 aromatic carbocycles. The summed E-state index contributed by atoms with van der Waals surface area (Å²) < 4.78 is 20.4.